The summed E-state index contributed by atoms with van der Waals surface area (Å²) in [5, 5.41) is 53.6. The number of hydrogen-bond acceptors (Lipinski definition) is 9. The second kappa shape index (κ2) is 15.9. The molecule has 0 unspecified atom stereocenters. The summed E-state index contributed by atoms with van der Waals surface area (Å²) in [7, 11) is 0. The topological polar surface area (TPSA) is 157 Å². The molecule has 9 heteroatoms. The number of hydrogen-bond donors (Lipinski definition) is 6. The quantitative estimate of drug-likeness (QED) is 0.116. The summed E-state index contributed by atoms with van der Waals surface area (Å²) in [4.78, 5) is 13.8. The van der Waals surface area contributed by atoms with Gasteiger partial charge in [-0.2, -0.15) is 0 Å². The lowest BCUT2D eigenvalue weighted by molar-refractivity contribution is -0.435. The van der Waals surface area contributed by atoms with Gasteiger partial charge in [-0.1, -0.05) is 121 Å². The molecule has 1 aliphatic rings. The maximum atomic E-state index is 13.8. The minimum Gasteiger partial charge on any atom is -0.460 e. The number of benzene rings is 4. The molecule has 1 fully saturated rings. The molecule has 5 rings (SSSR count). The minimum absolute atomic E-state index is 0.155. The van der Waals surface area contributed by atoms with Gasteiger partial charge in [0.15, 0.2) is 6.10 Å². The van der Waals surface area contributed by atoms with E-state index in [0.717, 1.165) is 22.3 Å². The molecule has 0 saturated carbocycles. The molecule has 4 aromatic carbocycles. The minimum atomic E-state index is -2.95. The molecule has 0 amide bonds. The van der Waals surface area contributed by atoms with Gasteiger partial charge in [0, 0.05) is 0 Å². The van der Waals surface area contributed by atoms with Crippen LogP contribution in [0.3, 0.4) is 0 Å². The predicted molar refractivity (Wildman–Crippen MR) is 166 cm³/mol. The summed E-state index contributed by atoms with van der Waals surface area (Å²) in [5.74, 6) is -3.11. The monoisotopic (exact) mass is 616 g/mol. The Hall–Kier alpha value is -3.93. The van der Waals surface area contributed by atoms with Crippen molar-refractivity contribution in [1.82, 2.24) is 0 Å². The van der Waals surface area contributed by atoms with Gasteiger partial charge < -0.3 is 40.1 Å². The van der Waals surface area contributed by atoms with Crippen molar-refractivity contribution in [2.75, 3.05) is 6.61 Å². The van der Waals surface area contributed by atoms with Crippen molar-refractivity contribution in [1.29, 1.82) is 0 Å². The van der Waals surface area contributed by atoms with E-state index in [9.17, 15) is 4.79 Å². The SMILES string of the molecule is O=C(OCc1ccccc1)C(Cc1ccccc1)(Cc1ccccc1)Cc1ccccc1.OC[C@H]1OC(O)(O)[C@@H](O)[C@@H](O)[C@@H]1O. The normalized spacial score (nSPS) is 20.8. The molecule has 0 aliphatic carbocycles. The van der Waals surface area contributed by atoms with E-state index >= 15 is 0 Å². The first-order chi connectivity index (χ1) is 21.6. The summed E-state index contributed by atoms with van der Waals surface area (Å²) in [6, 6.07) is 40.6. The Morgan fingerprint density at radius 1 is 0.644 bits per heavy atom. The molecule has 0 spiro atoms. The number of carbonyl (C=O) groups is 1. The number of esters is 1. The number of carbonyl (C=O) groups excluding carboxylic acids is 1. The lowest BCUT2D eigenvalue weighted by atomic mass is 9.72. The molecule has 1 aliphatic heterocycles. The highest BCUT2D eigenvalue weighted by molar-refractivity contribution is 5.78. The maximum absolute atomic E-state index is 13.8. The number of aliphatic hydroxyl groups excluding tert-OH is 4. The first-order valence-corrected chi connectivity index (χ1v) is 14.7. The zero-order valence-corrected chi connectivity index (χ0v) is 24.8. The van der Waals surface area contributed by atoms with Crippen molar-refractivity contribution in [3.05, 3.63) is 144 Å². The molecule has 0 bridgehead atoms. The average molecular weight is 617 g/mol. The van der Waals surface area contributed by atoms with Crippen LogP contribution in [0.2, 0.25) is 0 Å². The first kappa shape index (κ1) is 34.0. The molecule has 0 radical (unpaired) electrons. The van der Waals surface area contributed by atoms with Gasteiger partial charge in [-0.3, -0.25) is 4.79 Å². The van der Waals surface area contributed by atoms with Gasteiger partial charge in [0.2, 0.25) is 0 Å². The van der Waals surface area contributed by atoms with Crippen LogP contribution in [0.4, 0.5) is 0 Å². The van der Waals surface area contributed by atoms with Crippen molar-refractivity contribution in [2.45, 2.75) is 56.3 Å². The predicted octanol–water partition coefficient (Wildman–Crippen LogP) is 2.54. The fraction of sp³-hybridized carbons (Fsp3) is 0.306. The van der Waals surface area contributed by atoms with Crippen molar-refractivity contribution >= 4 is 5.97 Å². The molecule has 4 atom stereocenters. The lowest BCUT2D eigenvalue weighted by Gasteiger charge is -2.41. The Morgan fingerprint density at radius 3 is 1.40 bits per heavy atom. The van der Waals surface area contributed by atoms with Crippen LogP contribution in [0.15, 0.2) is 121 Å². The van der Waals surface area contributed by atoms with Gasteiger partial charge >= 0.3 is 11.9 Å². The van der Waals surface area contributed by atoms with Crippen LogP contribution in [0.1, 0.15) is 22.3 Å². The fourth-order valence-electron chi connectivity index (χ4n) is 5.38. The van der Waals surface area contributed by atoms with Crippen molar-refractivity contribution in [3.63, 3.8) is 0 Å². The van der Waals surface area contributed by atoms with Crippen LogP contribution < -0.4 is 0 Å². The fourth-order valence-corrected chi connectivity index (χ4v) is 5.38. The van der Waals surface area contributed by atoms with Gasteiger partial charge in [-0.25, -0.2) is 0 Å². The van der Waals surface area contributed by atoms with Gasteiger partial charge in [0.05, 0.1) is 12.0 Å². The van der Waals surface area contributed by atoms with Gasteiger partial charge in [0.25, 0.3) is 0 Å². The molecule has 1 heterocycles. The molecule has 1 saturated heterocycles. The average Bonchev–Trinajstić information content (AvgIpc) is 3.06. The zero-order chi connectivity index (χ0) is 32.3. The smallest absolute Gasteiger partial charge is 0.313 e. The molecule has 4 aromatic rings. The Kier molecular flexibility index (Phi) is 12.0. The largest absolute Gasteiger partial charge is 0.460 e. The van der Waals surface area contributed by atoms with E-state index in [1.807, 2.05) is 84.9 Å². The van der Waals surface area contributed by atoms with Crippen LogP contribution in [0.5, 0.6) is 0 Å². The zero-order valence-electron chi connectivity index (χ0n) is 24.8. The Morgan fingerprint density at radius 2 is 1.02 bits per heavy atom. The highest BCUT2D eigenvalue weighted by Crippen LogP contribution is 2.34. The lowest BCUT2D eigenvalue weighted by Crippen LogP contribution is -2.65. The van der Waals surface area contributed by atoms with E-state index in [-0.39, 0.29) is 12.6 Å². The van der Waals surface area contributed by atoms with Crippen LogP contribution in [-0.4, -0.2) is 73.6 Å². The molecule has 238 valence electrons. The molecule has 0 aromatic heterocycles. The third-order valence-corrected chi connectivity index (χ3v) is 7.75. The maximum Gasteiger partial charge on any atom is 0.313 e. The van der Waals surface area contributed by atoms with Crippen LogP contribution in [-0.2, 0) is 40.1 Å². The standard InChI is InChI=1S/C30H28O2.C6H12O7/c31-29(32-24-28-19-11-4-12-20-28)30(21-25-13-5-1-6-14-25,22-26-15-7-2-8-16-26)23-27-17-9-3-10-18-27;7-1-2-3(8)4(9)5(10)6(11,12)13-2/h1-20H,21-24H2;2-5,7-12H,1H2/t;2-,3-,4+,5+/m.1/s1. The van der Waals surface area contributed by atoms with E-state index in [1.165, 1.54) is 0 Å². The van der Waals surface area contributed by atoms with E-state index in [1.54, 1.807) is 0 Å². The van der Waals surface area contributed by atoms with Gasteiger partial charge in [0.1, 0.15) is 24.9 Å². The van der Waals surface area contributed by atoms with Crippen molar-refractivity contribution in [2.24, 2.45) is 5.41 Å². The summed E-state index contributed by atoms with van der Waals surface area (Å²) in [6.07, 6.45) is -4.87. The molecule has 45 heavy (non-hydrogen) atoms. The Balaban J connectivity index is 0.000000297. The van der Waals surface area contributed by atoms with E-state index in [2.05, 4.69) is 41.1 Å². The van der Waals surface area contributed by atoms with Crippen LogP contribution in [0.25, 0.3) is 0 Å². The summed E-state index contributed by atoms with van der Waals surface area (Å²) < 4.78 is 10.3. The highest BCUT2D eigenvalue weighted by Gasteiger charge is 2.52. The summed E-state index contributed by atoms with van der Waals surface area (Å²) >= 11 is 0. The van der Waals surface area contributed by atoms with Crippen LogP contribution >= 0.6 is 0 Å². The first-order valence-electron chi connectivity index (χ1n) is 14.7. The van der Waals surface area contributed by atoms with Crippen molar-refractivity contribution < 1.29 is 44.9 Å². The highest BCUT2D eigenvalue weighted by atomic mass is 16.8. The summed E-state index contributed by atoms with van der Waals surface area (Å²) in [6.45, 7) is -0.423. The number of ether oxygens (including phenoxy) is 2. The van der Waals surface area contributed by atoms with Crippen molar-refractivity contribution in [3.8, 4) is 0 Å². The molecule has 6 N–H and O–H groups in total. The van der Waals surface area contributed by atoms with E-state index < -0.39 is 42.4 Å². The summed E-state index contributed by atoms with van der Waals surface area (Å²) in [5.41, 5.74) is 3.69. The third-order valence-electron chi connectivity index (χ3n) is 7.75. The third kappa shape index (κ3) is 9.29. The molecule has 9 nitrogen and oxygen atoms in total. The number of aliphatic hydroxyl groups is 6. The molecular formula is C36H40O9. The Labute approximate surface area is 262 Å². The second-order valence-electron chi connectivity index (χ2n) is 11.3. The van der Waals surface area contributed by atoms with Gasteiger partial charge in [-0.15, -0.1) is 0 Å². The molecular weight excluding hydrogens is 576 g/mol. The van der Waals surface area contributed by atoms with Gasteiger partial charge in [-0.05, 0) is 41.5 Å². The van der Waals surface area contributed by atoms with Crippen LogP contribution in [0, 0.1) is 5.41 Å². The Bertz CT molecular complexity index is 1330. The van der Waals surface area contributed by atoms with E-state index in [4.69, 9.17) is 35.4 Å². The van der Waals surface area contributed by atoms with E-state index in [0.29, 0.717) is 19.3 Å². The number of rotatable bonds is 10. The second-order valence-corrected chi connectivity index (χ2v) is 11.3.